The van der Waals surface area contributed by atoms with E-state index in [-0.39, 0.29) is 17.1 Å². The average molecular weight is 248 g/mol. The van der Waals surface area contributed by atoms with Crippen molar-refractivity contribution in [1.29, 1.82) is 0 Å². The van der Waals surface area contributed by atoms with E-state index >= 15 is 0 Å². The highest BCUT2D eigenvalue weighted by Gasteiger charge is 2.36. The quantitative estimate of drug-likeness (QED) is 0.817. The first-order chi connectivity index (χ1) is 8.42. The highest BCUT2D eigenvalue weighted by molar-refractivity contribution is 6.00. The van der Waals surface area contributed by atoms with Gasteiger partial charge in [-0.05, 0) is 43.6 Å². The summed E-state index contributed by atoms with van der Waals surface area (Å²) in [4.78, 5) is 23.2. The van der Waals surface area contributed by atoms with Crippen molar-refractivity contribution in [2.24, 2.45) is 11.3 Å². The molecule has 2 aliphatic carbocycles. The third-order valence-corrected chi connectivity index (χ3v) is 4.14. The van der Waals surface area contributed by atoms with Gasteiger partial charge in [0.25, 0.3) is 0 Å². The number of Topliss-reactive ketones (excluding diaryl/α,β-unsaturated/α-hetero) is 1. The van der Waals surface area contributed by atoms with Gasteiger partial charge in [-0.3, -0.25) is 4.79 Å². The normalized spacial score (nSPS) is 27.4. The van der Waals surface area contributed by atoms with Gasteiger partial charge in [-0.1, -0.05) is 26.0 Å². The Balaban J connectivity index is 2.13. The monoisotopic (exact) mass is 248 g/mol. The van der Waals surface area contributed by atoms with E-state index in [1.54, 1.807) is 6.08 Å². The number of carboxylic acid groups (broad SMARTS) is 1. The largest absolute Gasteiger partial charge is 0.478 e. The van der Waals surface area contributed by atoms with Gasteiger partial charge in [0, 0.05) is 11.0 Å². The summed E-state index contributed by atoms with van der Waals surface area (Å²) in [5.74, 6) is -0.344. The molecule has 0 aromatic heterocycles. The predicted molar refractivity (Wildman–Crippen MR) is 69.2 cm³/mol. The van der Waals surface area contributed by atoms with Crippen molar-refractivity contribution >= 4 is 11.8 Å². The topological polar surface area (TPSA) is 54.4 Å². The van der Waals surface area contributed by atoms with Crippen molar-refractivity contribution in [3.63, 3.8) is 0 Å². The molecule has 3 nitrogen and oxygen atoms in total. The van der Waals surface area contributed by atoms with E-state index in [0.29, 0.717) is 18.4 Å². The third-order valence-electron chi connectivity index (χ3n) is 4.14. The first kappa shape index (κ1) is 13.1. The van der Waals surface area contributed by atoms with Crippen molar-refractivity contribution in [1.82, 2.24) is 0 Å². The molecule has 0 saturated carbocycles. The molecule has 0 radical (unpaired) electrons. The molecule has 1 atom stereocenters. The Hall–Kier alpha value is -1.38. The first-order valence-electron chi connectivity index (χ1n) is 6.59. The summed E-state index contributed by atoms with van der Waals surface area (Å²) in [5.41, 5.74) is 1.18. The number of carbonyl (C=O) groups excluding carboxylic acids is 1. The Labute approximate surface area is 108 Å². The molecule has 0 aromatic carbocycles. The van der Waals surface area contributed by atoms with Crippen LogP contribution in [0.2, 0.25) is 0 Å². The van der Waals surface area contributed by atoms with E-state index < -0.39 is 5.97 Å². The molecule has 98 valence electrons. The first-order valence-corrected chi connectivity index (χ1v) is 6.59. The summed E-state index contributed by atoms with van der Waals surface area (Å²) in [6.07, 6.45) is 7.77. The maximum atomic E-state index is 12.4. The zero-order valence-electron chi connectivity index (χ0n) is 11.0. The Kier molecular flexibility index (Phi) is 3.42. The van der Waals surface area contributed by atoms with Crippen molar-refractivity contribution in [3.05, 3.63) is 23.3 Å². The number of aliphatic carboxylic acids is 1. The molecule has 0 amide bonds. The Bertz CT molecular complexity index is 441. The number of ketones is 1. The third kappa shape index (κ3) is 2.40. The van der Waals surface area contributed by atoms with Gasteiger partial charge in [0.05, 0.1) is 0 Å². The molecular weight excluding hydrogens is 228 g/mol. The molecule has 1 N–H and O–H groups in total. The van der Waals surface area contributed by atoms with Gasteiger partial charge in [-0.25, -0.2) is 4.79 Å². The van der Waals surface area contributed by atoms with E-state index in [1.165, 1.54) is 0 Å². The van der Waals surface area contributed by atoms with Crippen LogP contribution in [0.5, 0.6) is 0 Å². The van der Waals surface area contributed by atoms with E-state index in [0.717, 1.165) is 24.8 Å². The van der Waals surface area contributed by atoms with Crippen LogP contribution in [-0.4, -0.2) is 16.9 Å². The van der Waals surface area contributed by atoms with Gasteiger partial charge in [0.1, 0.15) is 0 Å². The number of rotatable bonds is 2. The lowest BCUT2D eigenvalue weighted by Crippen LogP contribution is -2.32. The Morgan fingerprint density at radius 2 is 2.11 bits per heavy atom. The zero-order valence-corrected chi connectivity index (χ0v) is 11.0. The maximum Gasteiger partial charge on any atom is 0.331 e. The van der Waals surface area contributed by atoms with Crippen molar-refractivity contribution in [3.8, 4) is 0 Å². The van der Waals surface area contributed by atoms with Crippen LogP contribution in [-0.2, 0) is 9.59 Å². The van der Waals surface area contributed by atoms with Crippen LogP contribution in [0.15, 0.2) is 23.3 Å². The highest BCUT2D eigenvalue weighted by Crippen LogP contribution is 2.39. The van der Waals surface area contributed by atoms with E-state index in [1.807, 2.05) is 13.8 Å². The van der Waals surface area contributed by atoms with Crippen LogP contribution < -0.4 is 0 Å². The van der Waals surface area contributed by atoms with Crippen LogP contribution in [0.3, 0.4) is 0 Å². The van der Waals surface area contributed by atoms with Crippen LogP contribution in [0.25, 0.3) is 0 Å². The van der Waals surface area contributed by atoms with E-state index in [9.17, 15) is 9.59 Å². The van der Waals surface area contributed by atoms with Crippen LogP contribution >= 0.6 is 0 Å². The molecule has 0 heterocycles. The number of allylic oxidation sites excluding steroid dienone is 3. The molecule has 3 heteroatoms. The second-order valence-corrected chi connectivity index (χ2v) is 5.92. The predicted octanol–water partition coefficient (Wildman–Crippen LogP) is 3.11. The number of hydrogen-bond donors (Lipinski definition) is 1. The Morgan fingerprint density at radius 3 is 2.67 bits per heavy atom. The number of hydrogen-bond acceptors (Lipinski definition) is 2. The molecule has 2 aliphatic rings. The summed E-state index contributed by atoms with van der Waals surface area (Å²) >= 11 is 0. The fourth-order valence-electron chi connectivity index (χ4n) is 2.85. The van der Waals surface area contributed by atoms with Gasteiger partial charge in [0.2, 0.25) is 0 Å². The minimum absolute atomic E-state index is 0.222. The van der Waals surface area contributed by atoms with E-state index in [4.69, 9.17) is 5.11 Å². The molecule has 0 unspecified atom stereocenters. The van der Waals surface area contributed by atoms with Crippen molar-refractivity contribution < 1.29 is 14.7 Å². The lowest BCUT2D eigenvalue weighted by molar-refractivity contribution is -0.132. The maximum absolute atomic E-state index is 12.4. The number of carbonyl (C=O) groups is 2. The van der Waals surface area contributed by atoms with E-state index in [2.05, 4.69) is 6.08 Å². The summed E-state index contributed by atoms with van der Waals surface area (Å²) < 4.78 is 0. The minimum Gasteiger partial charge on any atom is -0.478 e. The SMILES string of the molecule is CC1(C)CCC=C([C@@H]2CC=C(C(=O)O)CC2)C1=O. The minimum atomic E-state index is -0.822. The van der Waals surface area contributed by atoms with Gasteiger partial charge in [-0.2, -0.15) is 0 Å². The van der Waals surface area contributed by atoms with Crippen molar-refractivity contribution in [2.75, 3.05) is 0 Å². The van der Waals surface area contributed by atoms with Gasteiger partial charge in [0.15, 0.2) is 5.78 Å². The van der Waals surface area contributed by atoms with Crippen LogP contribution in [0, 0.1) is 11.3 Å². The molecule has 0 spiro atoms. The summed E-state index contributed by atoms with van der Waals surface area (Å²) in [5, 5.41) is 8.92. The molecule has 2 rings (SSSR count). The summed E-state index contributed by atoms with van der Waals surface area (Å²) in [6.45, 7) is 4.01. The molecule has 18 heavy (non-hydrogen) atoms. The van der Waals surface area contributed by atoms with Gasteiger partial charge < -0.3 is 5.11 Å². The molecule has 0 aliphatic heterocycles. The van der Waals surface area contributed by atoms with Gasteiger partial charge >= 0.3 is 5.97 Å². The zero-order chi connectivity index (χ0) is 13.3. The van der Waals surface area contributed by atoms with Crippen molar-refractivity contribution in [2.45, 2.75) is 46.0 Å². The Morgan fingerprint density at radius 1 is 1.39 bits per heavy atom. The lowest BCUT2D eigenvalue weighted by Gasteiger charge is -2.32. The molecule has 0 aromatic rings. The smallest absolute Gasteiger partial charge is 0.331 e. The summed E-state index contributed by atoms with van der Waals surface area (Å²) in [6, 6.07) is 0. The van der Waals surface area contributed by atoms with Crippen LogP contribution in [0.1, 0.15) is 46.0 Å². The summed E-state index contributed by atoms with van der Waals surface area (Å²) in [7, 11) is 0. The second-order valence-electron chi connectivity index (χ2n) is 5.92. The van der Waals surface area contributed by atoms with Gasteiger partial charge in [-0.15, -0.1) is 0 Å². The average Bonchev–Trinajstić information content (AvgIpc) is 2.33. The molecule has 0 fully saturated rings. The van der Waals surface area contributed by atoms with Crippen LogP contribution in [0.4, 0.5) is 0 Å². The standard InChI is InChI=1S/C15H20O3/c1-15(2)9-3-4-12(13(15)16)10-5-7-11(8-6-10)14(17)18/h4,7,10H,3,5-6,8-9H2,1-2H3,(H,17,18)/t10-/m1/s1. The fraction of sp³-hybridized carbons (Fsp3) is 0.600. The molecule has 0 saturated heterocycles. The fourth-order valence-corrected chi connectivity index (χ4v) is 2.85. The molecular formula is C15H20O3. The number of carboxylic acids is 1. The molecule has 0 bridgehead atoms. The highest BCUT2D eigenvalue weighted by atomic mass is 16.4. The second kappa shape index (κ2) is 4.71. The lowest BCUT2D eigenvalue weighted by atomic mass is 9.70.